The van der Waals surface area contributed by atoms with Crippen LogP contribution in [0.15, 0.2) is 30.3 Å². The van der Waals surface area contributed by atoms with Crippen LogP contribution in [-0.4, -0.2) is 36.7 Å². The lowest BCUT2D eigenvalue weighted by Gasteiger charge is -2.13. The van der Waals surface area contributed by atoms with Crippen LogP contribution in [0.1, 0.15) is 17.9 Å². The maximum absolute atomic E-state index is 11.9. The zero-order valence-corrected chi connectivity index (χ0v) is 10.7. The Bertz CT molecular complexity index is 460. The highest BCUT2D eigenvalue weighted by Crippen LogP contribution is 2.47. The fraction of sp³-hybridized carbons (Fsp3) is 0.429. The molecule has 0 heterocycles. The smallest absolute Gasteiger partial charge is 0.328 e. The van der Waals surface area contributed by atoms with Crippen LogP contribution in [-0.2, 0) is 14.3 Å². The summed E-state index contributed by atoms with van der Waals surface area (Å²) in [5.41, 5.74) is 1.13. The largest absolute Gasteiger partial charge is 0.480 e. The highest BCUT2D eigenvalue weighted by atomic mass is 16.5. The van der Waals surface area contributed by atoms with Crippen LogP contribution in [0.2, 0.25) is 0 Å². The third kappa shape index (κ3) is 3.32. The van der Waals surface area contributed by atoms with Crippen molar-refractivity contribution in [2.45, 2.75) is 18.4 Å². The van der Waals surface area contributed by atoms with E-state index in [1.165, 1.54) is 7.11 Å². The molecule has 1 amide bonds. The number of rotatable bonds is 6. The summed E-state index contributed by atoms with van der Waals surface area (Å²) in [6.07, 6.45) is 0.773. The molecule has 0 aliphatic heterocycles. The second-order valence-electron chi connectivity index (χ2n) is 4.71. The Morgan fingerprint density at radius 1 is 1.42 bits per heavy atom. The Balaban J connectivity index is 1.90. The minimum Gasteiger partial charge on any atom is -0.480 e. The van der Waals surface area contributed by atoms with E-state index in [1.807, 2.05) is 30.3 Å². The van der Waals surface area contributed by atoms with Crippen molar-refractivity contribution in [3.63, 3.8) is 0 Å². The minimum atomic E-state index is -1.08. The lowest BCUT2D eigenvalue weighted by molar-refractivity contribution is -0.143. The molecule has 0 spiro atoms. The molecule has 5 heteroatoms. The van der Waals surface area contributed by atoms with Crippen LogP contribution in [0.4, 0.5) is 0 Å². The zero-order valence-electron chi connectivity index (χ0n) is 10.7. The molecule has 2 N–H and O–H groups in total. The molecule has 2 rings (SSSR count). The van der Waals surface area contributed by atoms with Crippen LogP contribution >= 0.6 is 0 Å². The quantitative estimate of drug-likeness (QED) is 0.803. The van der Waals surface area contributed by atoms with E-state index in [9.17, 15) is 9.59 Å². The van der Waals surface area contributed by atoms with Gasteiger partial charge in [-0.05, 0) is 17.9 Å². The summed E-state index contributed by atoms with van der Waals surface area (Å²) < 4.78 is 4.78. The van der Waals surface area contributed by atoms with E-state index >= 15 is 0 Å². The molecule has 19 heavy (non-hydrogen) atoms. The summed E-state index contributed by atoms with van der Waals surface area (Å²) in [7, 11) is 1.41. The number of hydrogen-bond acceptors (Lipinski definition) is 3. The summed E-state index contributed by atoms with van der Waals surface area (Å²) >= 11 is 0. The van der Waals surface area contributed by atoms with Gasteiger partial charge in [0.25, 0.3) is 0 Å². The number of nitrogens with one attached hydrogen (secondary N) is 1. The summed E-state index contributed by atoms with van der Waals surface area (Å²) in [6, 6.07) is 8.81. The van der Waals surface area contributed by atoms with Crippen molar-refractivity contribution in [1.29, 1.82) is 0 Å². The standard InChI is InChI=1S/C14H17NO4/c1-19-8-12(14(17)18)15-13(16)11-7-10(11)9-5-3-2-4-6-9/h2-6,10-12H,7-8H2,1H3,(H,15,16)(H,17,18). The van der Waals surface area contributed by atoms with E-state index in [-0.39, 0.29) is 24.3 Å². The van der Waals surface area contributed by atoms with E-state index in [2.05, 4.69) is 5.32 Å². The molecule has 1 aromatic carbocycles. The molecule has 102 valence electrons. The second-order valence-corrected chi connectivity index (χ2v) is 4.71. The van der Waals surface area contributed by atoms with Gasteiger partial charge >= 0.3 is 5.97 Å². The Labute approximate surface area is 111 Å². The predicted octanol–water partition coefficient (Wildman–Crippen LogP) is 1.01. The van der Waals surface area contributed by atoms with Crippen molar-refractivity contribution < 1.29 is 19.4 Å². The third-order valence-corrected chi connectivity index (χ3v) is 3.30. The second kappa shape index (κ2) is 5.84. The highest BCUT2D eigenvalue weighted by Gasteiger charge is 2.44. The van der Waals surface area contributed by atoms with Crippen LogP contribution in [0.5, 0.6) is 0 Å². The summed E-state index contributed by atoms with van der Waals surface area (Å²) in [6.45, 7) is -0.0240. The van der Waals surface area contributed by atoms with Crippen molar-refractivity contribution in [3.8, 4) is 0 Å². The van der Waals surface area contributed by atoms with Crippen molar-refractivity contribution in [3.05, 3.63) is 35.9 Å². The molecule has 0 saturated heterocycles. The number of methoxy groups -OCH3 is 1. The van der Waals surface area contributed by atoms with Crippen molar-refractivity contribution in [1.82, 2.24) is 5.32 Å². The summed E-state index contributed by atoms with van der Waals surface area (Å²) in [5.74, 6) is -1.20. The first-order valence-electron chi connectivity index (χ1n) is 6.20. The van der Waals surface area contributed by atoms with Crippen LogP contribution in [0, 0.1) is 5.92 Å². The van der Waals surface area contributed by atoms with Crippen LogP contribution in [0.25, 0.3) is 0 Å². The molecule has 5 nitrogen and oxygen atoms in total. The Kier molecular flexibility index (Phi) is 4.16. The topological polar surface area (TPSA) is 75.6 Å². The minimum absolute atomic E-state index is 0.0240. The summed E-state index contributed by atoms with van der Waals surface area (Å²) in [5, 5.41) is 11.5. The van der Waals surface area contributed by atoms with Crippen LogP contribution < -0.4 is 5.32 Å². The molecule has 0 bridgehead atoms. The van der Waals surface area contributed by atoms with E-state index in [1.54, 1.807) is 0 Å². The van der Waals surface area contributed by atoms with Crippen molar-refractivity contribution in [2.75, 3.05) is 13.7 Å². The van der Waals surface area contributed by atoms with Gasteiger partial charge < -0.3 is 15.2 Å². The van der Waals surface area contributed by atoms with E-state index in [0.29, 0.717) is 0 Å². The third-order valence-electron chi connectivity index (χ3n) is 3.30. The molecular formula is C14H17NO4. The Morgan fingerprint density at radius 3 is 2.68 bits per heavy atom. The van der Waals surface area contributed by atoms with Gasteiger partial charge in [-0.2, -0.15) is 0 Å². The first-order valence-corrected chi connectivity index (χ1v) is 6.20. The van der Waals surface area contributed by atoms with Gasteiger partial charge in [0.2, 0.25) is 5.91 Å². The monoisotopic (exact) mass is 263 g/mol. The van der Waals surface area contributed by atoms with E-state index in [4.69, 9.17) is 9.84 Å². The lowest BCUT2D eigenvalue weighted by Crippen LogP contribution is -2.44. The first kappa shape index (κ1) is 13.5. The van der Waals surface area contributed by atoms with Gasteiger partial charge in [0.1, 0.15) is 0 Å². The zero-order chi connectivity index (χ0) is 13.8. The predicted molar refractivity (Wildman–Crippen MR) is 68.7 cm³/mol. The van der Waals surface area contributed by atoms with Gasteiger partial charge in [-0.3, -0.25) is 4.79 Å². The number of ether oxygens (including phenoxy) is 1. The van der Waals surface area contributed by atoms with Gasteiger partial charge in [-0.25, -0.2) is 4.79 Å². The number of carboxylic acid groups (broad SMARTS) is 1. The lowest BCUT2D eigenvalue weighted by atomic mass is 10.1. The molecule has 1 saturated carbocycles. The summed E-state index contributed by atoms with van der Waals surface area (Å²) in [4.78, 5) is 22.9. The Morgan fingerprint density at radius 2 is 2.11 bits per heavy atom. The van der Waals surface area contributed by atoms with Gasteiger partial charge in [0.05, 0.1) is 6.61 Å². The number of carbonyl (C=O) groups excluding carboxylic acids is 1. The number of aliphatic carboxylic acids is 1. The molecule has 1 aromatic rings. The Hall–Kier alpha value is -1.88. The first-order chi connectivity index (χ1) is 9.13. The maximum Gasteiger partial charge on any atom is 0.328 e. The SMILES string of the molecule is COCC(NC(=O)C1CC1c1ccccc1)C(=O)O. The molecule has 0 radical (unpaired) electrons. The van der Waals surface area contributed by atoms with Gasteiger partial charge in [-0.1, -0.05) is 30.3 Å². The van der Waals surface area contributed by atoms with Crippen LogP contribution in [0.3, 0.4) is 0 Å². The normalized spacial score (nSPS) is 22.6. The maximum atomic E-state index is 11.9. The fourth-order valence-electron chi connectivity index (χ4n) is 2.17. The molecule has 3 unspecified atom stereocenters. The number of amides is 1. The van der Waals surface area contributed by atoms with Crippen molar-refractivity contribution in [2.24, 2.45) is 5.92 Å². The number of carbonyl (C=O) groups is 2. The molecule has 1 fully saturated rings. The van der Waals surface area contributed by atoms with E-state index < -0.39 is 12.0 Å². The van der Waals surface area contributed by atoms with Gasteiger partial charge in [-0.15, -0.1) is 0 Å². The highest BCUT2D eigenvalue weighted by molar-refractivity contribution is 5.87. The average molecular weight is 263 g/mol. The van der Waals surface area contributed by atoms with Crippen molar-refractivity contribution >= 4 is 11.9 Å². The molecular weight excluding hydrogens is 246 g/mol. The molecule has 3 atom stereocenters. The molecule has 1 aliphatic rings. The van der Waals surface area contributed by atoms with Gasteiger partial charge in [0.15, 0.2) is 6.04 Å². The van der Waals surface area contributed by atoms with E-state index in [0.717, 1.165) is 12.0 Å². The number of hydrogen-bond donors (Lipinski definition) is 2. The molecule has 0 aromatic heterocycles. The fourth-order valence-corrected chi connectivity index (χ4v) is 2.17. The average Bonchev–Trinajstić information content (AvgIpc) is 3.19. The molecule has 1 aliphatic carbocycles. The number of benzene rings is 1. The number of carboxylic acids is 1. The van der Waals surface area contributed by atoms with Gasteiger partial charge in [0, 0.05) is 13.0 Å².